The van der Waals surface area contributed by atoms with E-state index in [1.807, 2.05) is 12.1 Å². The van der Waals surface area contributed by atoms with Gasteiger partial charge in [-0.25, -0.2) is 31.1 Å². The third kappa shape index (κ3) is 15.9. The number of urea groups is 2. The Morgan fingerprint density at radius 2 is 1.15 bits per heavy atom. The first kappa shape index (κ1) is 66.2. The summed E-state index contributed by atoms with van der Waals surface area (Å²) in [6.07, 6.45) is 8.22. The number of hydrogen-bond acceptors (Lipinski definition) is 17. The molecule has 5 saturated heterocycles. The van der Waals surface area contributed by atoms with Gasteiger partial charge in [-0.1, -0.05) is 23.2 Å². The molecule has 0 unspecified atom stereocenters. The first-order valence-corrected chi connectivity index (χ1v) is 36.6. The summed E-state index contributed by atoms with van der Waals surface area (Å²) in [6.45, 7) is 9.96. The average Bonchev–Trinajstić information content (AvgIpc) is 1.61. The molecule has 92 heavy (non-hydrogen) atoms. The van der Waals surface area contributed by atoms with E-state index in [9.17, 15) is 36.9 Å². The smallest absolute Gasteiger partial charge is 0.314 e. The van der Waals surface area contributed by atoms with Crippen LogP contribution in [0.25, 0.3) is 0 Å². The Morgan fingerprint density at radius 3 is 1.67 bits per heavy atom. The van der Waals surface area contributed by atoms with Crippen LogP contribution >= 0.6 is 23.2 Å². The van der Waals surface area contributed by atoms with Crippen molar-refractivity contribution >= 4 is 55.1 Å². The predicted octanol–water partition coefficient (Wildman–Crippen LogP) is 5.92. The number of benzene rings is 4. The van der Waals surface area contributed by atoms with Crippen molar-refractivity contribution in [2.24, 2.45) is 11.8 Å². The molecule has 4 amide bonds. The maximum absolute atomic E-state index is 13.6. The molecule has 0 spiro atoms. The molecule has 26 heteroatoms. The van der Waals surface area contributed by atoms with Gasteiger partial charge in [-0.05, 0) is 184 Å². The summed E-state index contributed by atoms with van der Waals surface area (Å²) in [6, 6.07) is 25.8. The van der Waals surface area contributed by atoms with Crippen LogP contribution in [0.15, 0.2) is 82.6 Å². The van der Waals surface area contributed by atoms with Crippen LogP contribution < -0.4 is 40.8 Å². The molecule has 12 rings (SSSR count). The lowest BCUT2D eigenvalue weighted by molar-refractivity contribution is 0.0567. The molecular formula is C66H84Cl2N12O10S2. The van der Waals surface area contributed by atoms with E-state index in [0.29, 0.717) is 161 Å². The number of nitrogens with zero attached hydrogens (tertiary/aromatic N) is 6. The number of unbranched alkanes of at least 4 members (excludes halogenated alkanes) is 1. The number of halogens is 2. The Morgan fingerprint density at radius 1 is 0.609 bits per heavy atom. The number of hydrogen-bond donors (Lipinski definition) is 6. The number of piperazine rings is 1. The molecule has 5 aliphatic heterocycles. The molecule has 22 nitrogen and oxygen atoms in total. The lowest BCUT2D eigenvalue weighted by Gasteiger charge is -2.36. The van der Waals surface area contributed by atoms with Gasteiger partial charge in [-0.3, -0.25) is 14.7 Å². The van der Waals surface area contributed by atoms with Gasteiger partial charge in [0.2, 0.25) is 10.0 Å². The lowest BCUT2D eigenvalue weighted by atomic mass is 10.0. The summed E-state index contributed by atoms with van der Waals surface area (Å²) in [5.74, 6) is 1.88. The fourth-order valence-electron chi connectivity index (χ4n) is 15.4. The largest absolute Gasteiger partial charge is 0.484 e. The SMILES string of the molecule is N#Cc1cc(Cl)cc2c1C[C@H](N1C[C@H]3CC[C@@H]1C3)[C@H]2Oc1ccc(S(=O)(=O)C[C@H]2CCN(CCOCCNC(=O)NCCCCNC(=O)NCCOCCN3CC[C@H](NS(=O)(=O)c4ccc(O[C@H]5c6cc(Cl)cc(C#N)c6C[C@@H]5N5C[C@@H]6C[C@H]5CN6)cc4)C3)C2)cc1. The number of carbonyl (C=O) groups is 2. The molecule has 0 radical (unpaired) electrons. The van der Waals surface area contributed by atoms with Crippen molar-refractivity contribution in [1.82, 2.24) is 50.9 Å². The van der Waals surface area contributed by atoms with Crippen molar-refractivity contribution in [3.05, 3.63) is 116 Å². The summed E-state index contributed by atoms with van der Waals surface area (Å²) in [5, 5.41) is 35.7. The maximum Gasteiger partial charge on any atom is 0.314 e. The van der Waals surface area contributed by atoms with E-state index in [0.717, 1.165) is 74.2 Å². The van der Waals surface area contributed by atoms with Gasteiger partial charge in [-0.2, -0.15) is 10.5 Å². The van der Waals surface area contributed by atoms with Gasteiger partial charge in [0.1, 0.15) is 23.7 Å². The second-order valence-corrected chi connectivity index (χ2v) is 30.6. The summed E-state index contributed by atoms with van der Waals surface area (Å²) < 4.78 is 82.1. The van der Waals surface area contributed by atoms with Crippen LogP contribution in [0.5, 0.6) is 11.5 Å². The monoisotopic (exact) mass is 1340 g/mol. The zero-order chi connectivity index (χ0) is 63.9. The zero-order valence-corrected chi connectivity index (χ0v) is 55.0. The van der Waals surface area contributed by atoms with E-state index < -0.39 is 19.9 Å². The molecule has 4 bridgehead atoms. The maximum atomic E-state index is 13.6. The summed E-state index contributed by atoms with van der Waals surface area (Å²) in [4.78, 5) is 34.5. The second-order valence-electron chi connectivity index (χ2n) is 26.0. The quantitative estimate of drug-likeness (QED) is 0.0345. The summed E-state index contributed by atoms with van der Waals surface area (Å²) >= 11 is 13.0. The molecule has 4 aromatic rings. The van der Waals surface area contributed by atoms with Gasteiger partial charge in [0, 0.05) is 106 Å². The highest BCUT2D eigenvalue weighted by Crippen LogP contribution is 2.48. The minimum absolute atomic E-state index is 0.00243. The van der Waals surface area contributed by atoms with Crippen LogP contribution in [-0.4, -0.2) is 202 Å². The molecule has 0 aromatic heterocycles. The lowest BCUT2D eigenvalue weighted by Crippen LogP contribution is -2.50. The van der Waals surface area contributed by atoms with Crippen molar-refractivity contribution in [3.63, 3.8) is 0 Å². The van der Waals surface area contributed by atoms with E-state index in [-0.39, 0.29) is 63.9 Å². The Kier molecular flexibility index (Phi) is 21.5. The molecule has 3 aliphatic carbocycles. The summed E-state index contributed by atoms with van der Waals surface area (Å²) in [7, 11) is -7.35. The van der Waals surface area contributed by atoms with E-state index in [2.05, 4.69) is 63.0 Å². The number of sulfone groups is 1. The number of sulfonamides is 1. The van der Waals surface area contributed by atoms with Crippen LogP contribution in [0.1, 0.15) is 97.0 Å². The van der Waals surface area contributed by atoms with Crippen molar-refractivity contribution < 1.29 is 45.4 Å². The Balaban J connectivity index is 0.461. The van der Waals surface area contributed by atoms with Crippen LogP contribution in [-0.2, 0) is 42.2 Å². The summed E-state index contributed by atoms with van der Waals surface area (Å²) in [5.41, 5.74) is 4.94. The van der Waals surface area contributed by atoms with Gasteiger partial charge in [-0.15, -0.1) is 0 Å². The topological polar surface area (TPSA) is 272 Å². The molecule has 8 aliphatic rings. The normalized spacial score (nSPS) is 26.0. The third-order valence-electron chi connectivity index (χ3n) is 19.9. The molecular weight excluding hydrogens is 1260 g/mol. The average molecular weight is 1340 g/mol. The number of fused-ring (bicyclic) bond motifs is 6. The van der Waals surface area contributed by atoms with Crippen molar-refractivity contribution in [2.75, 3.05) is 117 Å². The Hall–Kier alpha value is -5.84. The number of ether oxygens (including phenoxy) is 4. The number of rotatable bonds is 29. The van der Waals surface area contributed by atoms with Gasteiger partial charge in [0.25, 0.3) is 0 Å². The number of carbonyl (C=O) groups excluding carboxylic acids is 2. The molecule has 4 aromatic carbocycles. The van der Waals surface area contributed by atoms with Crippen LogP contribution in [0.4, 0.5) is 9.59 Å². The second kappa shape index (κ2) is 29.8. The van der Waals surface area contributed by atoms with E-state index in [1.54, 1.807) is 60.7 Å². The van der Waals surface area contributed by atoms with Gasteiger partial charge < -0.3 is 50.4 Å². The van der Waals surface area contributed by atoms with Crippen molar-refractivity contribution in [1.29, 1.82) is 10.5 Å². The molecule has 5 heterocycles. The number of nitrogens with one attached hydrogen (secondary N) is 6. The minimum atomic E-state index is -3.80. The zero-order valence-electron chi connectivity index (χ0n) is 51.8. The highest BCUT2D eigenvalue weighted by molar-refractivity contribution is 7.91. The van der Waals surface area contributed by atoms with Crippen LogP contribution in [0, 0.1) is 34.5 Å². The van der Waals surface area contributed by atoms with Crippen LogP contribution in [0.2, 0.25) is 10.0 Å². The number of nitriles is 2. The fraction of sp³-hybridized carbons (Fsp3) is 0.576. The number of likely N-dealkylation sites (tertiary alicyclic amines) is 4. The van der Waals surface area contributed by atoms with Crippen molar-refractivity contribution in [3.8, 4) is 23.6 Å². The van der Waals surface area contributed by atoms with E-state index >= 15 is 0 Å². The Labute approximate surface area is 550 Å². The van der Waals surface area contributed by atoms with Crippen molar-refractivity contribution in [2.45, 2.75) is 122 Å². The van der Waals surface area contributed by atoms with E-state index in [4.69, 9.17) is 42.1 Å². The molecule has 494 valence electrons. The molecule has 6 fully saturated rings. The third-order valence-corrected chi connectivity index (χ3v) is 23.8. The van der Waals surface area contributed by atoms with Gasteiger partial charge in [0.05, 0.1) is 77.3 Å². The van der Waals surface area contributed by atoms with Gasteiger partial charge >= 0.3 is 12.1 Å². The predicted molar refractivity (Wildman–Crippen MR) is 347 cm³/mol. The number of amides is 4. The number of piperidine rings is 1. The Bertz CT molecular complexity index is 3370. The molecule has 1 saturated carbocycles. The van der Waals surface area contributed by atoms with Gasteiger partial charge in [0.15, 0.2) is 9.84 Å². The highest BCUT2D eigenvalue weighted by atomic mass is 35.5. The minimum Gasteiger partial charge on any atom is -0.484 e. The molecule has 10 atom stereocenters. The first-order valence-electron chi connectivity index (χ1n) is 32.7. The van der Waals surface area contributed by atoms with Crippen LogP contribution in [0.3, 0.4) is 0 Å². The fourth-order valence-corrected chi connectivity index (χ4v) is 18.7. The molecule has 6 N–H and O–H groups in total. The highest BCUT2D eigenvalue weighted by Gasteiger charge is 2.50. The van der Waals surface area contributed by atoms with E-state index in [1.165, 1.54) is 19.3 Å². The first-order chi connectivity index (χ1) is 44.6. The standard InChI is InChI=1S/C66H84Cl2N12O10S2/c67-47-28-45(35-69)57-33-61(79-39-43-3-4-51(79)27-43)63(59(57)30-47)89-53-5-9-55(10-6-53)91(83,84)42-44-13-19-77(38-44)21-25-87-23-17-73-65(81)71-15-1-2-16-72-66(82)74-18-24-88-26-22-78-20-14-49(40-78)76-92(85,86)56-11-7-54(8-12-56)90-64-60-31-48(68)29-46(36-70)58(60)34-62(64)80-41-50-32-52(80)37-75-50/h5-12,28-31,43-44,49-52,61-64,75-76H,1-4,13-27,32-34,37-42H2,(H2,71,73,81)(H2,72,74,82)/t43-,44-,49-,50-,51+,52-,61-,62-,63-,64-/m0/s1.